The molecule has 0 atom stereocenters. The van der Waals surface area contributed by atoms with Crippen LogP contribution in [-0.2, 0) is 0 Å². The minimum atomic E-state index is -0.249. The van der Waals surface area contributed by atoms with E-state index in [-0.39, 0.29) is 11.8 Å². The highest BCUT2D eigenvalue weighted by Crippen LogP contribution is 2.14. The third kappa shape index (κ3) is 3.82. The Morgan fingerprint density at radius 2 is 1.70 bits per heavy atom. The highest BCUT2D eigenvalue weighted by molar-refractivity contribution is 7.12. The quantitative estimate of drug-likeness (QED) is 0.834. The normalized spacial score (nSPS) is 10.1. The van der Waals surface area contributed by atoms with Gasteiger partial charge >= 0.3 is 0 Å². The molecule has 0 fully saturated rings. The zero-order chi connectivity index (χ0) is 14.4. The fraction of sp³-hybridized carbons (Fsp3) is 0.143. The van der Waals surface area contributed by atoms with E-state index < -0.39 is 0 Å². The SMILES string of the molecule is O=C(NCCNC(=O)c1ccccc1Cl)c1cccs1. The van der Waals surface area contributed by atoms with Crippen LogP contribution >= 0.6 is 22.9 Å². The number of amides is 2. The molecule has 2 amide bonds. The molecule has 0 spiro atoms. The Balaban J connectivity index is 1.75. The van der Waals surface area contributed by atoms with Gasteiger partial charge in [0.2, 0.25) is 0 Å². The Kier molecular flexibility index (Phi) is 5.15. The summed E-state index contributed by atoms with van der Waals surface area (Å²) < 4.78 is 0. The summed E-state index contributed by atoms with van der Waals surface area (Å²) in [5, 5.41) is 7.69. The van der Waals surface area contributed by atoms with Crippen LogP contribution in [0.2, 0.25) is 5.02 Å². The molecule has 20 heavy (non-hydrogen) atoms. The monoisotopic (exact) mass is 308 g/mol. The summed E-state index contributed by atoms with van der Waals surface area (Å²) in [6.45, 7) is 0.716. The predicted octanol–water partition coefficient (Wildman–Crippen LogP) is 2.56. The topological polar surface area (TPSA) is 58.2 Å². The molecule has 2 rings (SSSR count). The molecule has 104 valence electrons. The first kappa shape index (κ1) is 14.6. The van der Waals surface area contributed by atoms with Gasteiger partial charge in [0.1, 0.15) is 0 Å². The van der Waals surface area contributed by atoms with Crippen LogP contribution in [0, 0.1) is 0 Å². The first-order valence-corrected chi connectivity index (χ1v) is 7.28. The summed E-state index contributed by atoms with van der Waals surface area (Å²) in [7, 11) is 0. The van der Waals surface area contributed by atoms with E-state index in [2.05, 4.69) is 10.6 Å². The van der Waals surface area contributed by atoms with Gasteiger partial charge < -0.3 is 10.6 Å². The van der Waals surface area contributed by atoms with Crippen molar-refractivity contribution in [3.63, 3.8) is 0 Å². The highest BCUT2D eigenvalue weighted by Gasteiger charge is 2.09. The summed E-state index contributed by atoms with van der Waals surface area (Å²) in [6.07, 6.45) is 0. The molecule has 6 heteroatoms. The van der Waals surface area contributed by atoms with Gasteiger partial charge in [-0.3, -0.25) is 9.59 Å². The summed E-state index contributed by atoms with van der Waals surface area (Å²) in [5.74, 6) is -0.382. The zero-order valence-electron chi connectivity index (χ0n) is 10.6. The molecule has 2 aromatic rings. The summed E-state index contributed by atoms with van der Waals surface area (Å²) in [4.78, 5) is 24.1. The number of halogens is 1. The first-order valence-electron chi connectivity index (χ1n) is 6.03. The molecule has 0 saturated carbocycles. The molecule has 2 N–H and O–H groups in total. The molecular weight excluding hydrogens is 296 g/mol. The van der Waals surface area contributed by atoms with Crippen molar-refractivity contribution < 1.29 is 9.59 Å². The standard InChI is InChI=1S/C14H13ClN2O2S/c15-11-5-2-1-4-10(11)13(18)16-7-8-17-14(19)12-6-3-9-20-12/h1-6,9H,7-8H2,(H,16,18)(H,17,19). The maximum atomic E-state index is 11.8. The van der Waals surface area contributed by atoms with E-state index in [0.717, 1.165) is 0 Å². The molecule has 0 aliphatic rings. The molecule has 1 aromatic carbocycles. The lowest BCUT2D eigenvalue weighted by Crippen LogP contribution is -2.34. The second kappa shape index (κ2) is 7.07. The Morgan fingerprint density at radius 3 is 2.35 bits per heavy atom. The first-order chi connectivity index (χ1) is 9.68. The molecule has 4 nitrogen and oxygen atoms in total. The minimum Gasteiger partial charge on any atom is -0.350 e. The Morgan fingerprint density at radius 1 is 1.00 bits per heavy atom. The summed E-state index contributed by atoms with van der Waals surface area (Å²) in [6, 6.07) is 10.4. The number of carbonyl (C=O) groups excluding carboxylic acids is 2. The maximum Gasteiger partial charge on any atom is 0.261 e. The molecule has 0 saturated heterocycles. The third-order valence-electron chi connectivity index (χ3n) is 2.56. The molecule has 1 aromatic heterocycles. The average Bonchev–Trinajstić information content (AvgIpc) is 2.98. The Labute approximate surface area is 125 Å². The third-order valence-corrected chi connectivity index (χ3v) is 3.76. The lowest BCUT2D eigenvalue weighted by Gasteiger charge is -2.07. The maximum absolute atomic E-state index is 11.8. The number of rotatable bonds is 5. The lowest BCUT2D eigenvalue weighted by atomic mass is 10.2. The van der Waals surface area contributed by atoms with Gasteiger partial charge in [-0.2, -0.15) is 0 Å². The van der Waals surface area contributed by atoms with Crippen molar-refractivity contribution in [2.45, 2.75) is 0 Å². The van der Waals surface area contributed by atoms with Crippen LogP contribution in [0.3, 0.4) is 0 Å². The Hall–Kier alpha value is -1.85. The van der Waals surface area contributed by atoms with Crippen LogP contribution < -0.4 is 10.6 Å². The number of carbonyl (C=O) groups is 2. The van der Waals surface area contributed by atoms with E-state index in [1.54, 1.807) is 30.3 Å². The van der Waals surface area contributed by atoms with Gasteiger partial charge in [0.25, 0.3) is 11.8 Å². The van der Waals surface area contributed by atoms with Crippen LogP contribution in [0.25, 0.3) is 0 Å². The summed E-state index contributed by atoms with van der Waals surface area (Å²) >= 11 is 7.30. The van der Waals surface area contributed by atoms with Gasteiger partial charge in [0, 0.05) is 13.1 Å². The molecule has 0 unspecified atom stereocenters. The molecule has 0 radical (unpaired) electrons. The molecular formula is C14H13ClN2O2S. The van der Waals surface area contributed by atoms with Crippen LogP contribution in [0.1, 0.15) is 20.0 Å². The number of hydrogen-bond acceptors (Lipinski definition) is 3. The van der Waals surface area contributed by atoms with Gasteiger partial charge in [-0.05, 0) is 23.6 Å². The fourth-order valence-corrected chi connectivity index (χ4v) is 2.45. The highest BCUT2D eigenvalue weighted by atomic mass is 35.5. The smallest absolute Gasteiger partial charge is 0.261 e. The predicted molar refractivity (Wildman–Crippen MR) is 80.4 cm³/mol. The molecule has 0 aliphatic heterocycles. The zero-order valence-corrected chi connectivity index (χ0v) is 12.1. The van der Waals surface area contributed by atoms with Gasteiger partial charge in [-0.25, -0.2) is 0 Å². The summed E-state index contributed by atoms with van der Waals surface area (Å²) in [5.41, 5.74) is 0.429. The van der Waals surface area contributed by atoms with E-state index in [1.165, 1.54) is 11.3 Å². The number of nitrogens with one attached hydrogen (secondary N) is 2. The van der Waals surface area contributed by atoms with Crippen LogP contribution in [-0.4, -0.2) is 24.9 Å². The van der Waals surface area contributed by atoms with Gasteiger partial charge in [0.15, 0.2) is 0 Å². The lowest BCUT2D eigenvalue weighted by molar-refractivity contribution is 0.0929. The van der Waals surface area contributed by atoms with Crippen LogP contribution in [0.5, 0.6) is 0 Å². The van der Waals surface area contributed by atoms with Crippen LogP contribution in [0.15, 0.2) is 41.8 Å². The second-order valence-electron chi connectivity index (χ2n) is 3.97. The van der Waals surface area contributed by atoms with Crippen molar-refractivity contribution in [2.24, 2.45) is 0 Å². The van der Waals surface area contributed by atoms with E-state index in [9.17, 15) is 9.59 Å². The van der Waals surface area contributed by atoms with Crippen molar-refractivity contribution >= 4 is 34.8 Å². The van der Waals surface area contributed by atoms with E-state index in [0.29, 0.717) is 28.6 Å². The van der Waals surface area contributed by atoms with E-state index >= 15 is 0 Å². The van der Waals surface area contributed by atoms with Crippen molar-refractivity contribution in [3.05, 3.63) is 57.2 Å². The molecule has 0 bridgehead atoms. The second-order valence-corrected chi connectivity index (χ2v) is 5.32. The Bertz CT molecular complexity index is 599. The van der Waals surface area contributed by atoms with Gasteiger partial charge in [-0.15, -0.1) is 11.3 Å². The van der Waals surface area contributed by atoms with Gasteiger partial charge in [-0.1, -0.05) is 29.8 Å². The minimum absolute atomic E-state index is 0.132. The van der Waals surface area contributed by atoms with Crippen molar-refractivity contribution in [2.75, 3.05) is 13.1 Å². The largest absolute Gasteiger partial charge is 0.350 e. The van der Waals surface area contributed by atoms with Crippen molar-refractivity contribution in [1.29, 1.82) is 0 Å². The number of thiophene rings is 1. The number of benzene rings is 1. The van der Waals surface area contributed by atoms with Crippen molar-refractivity contribution in [3.8, 4) is 0 Å². The molecule has 1 heterocycles. The van der Waals surface area contributed by atoms with E-state index in [1.807, 2.05) is 11.4 Å². The fourth-order valence-electron chi connectivity index (χ4n) is 1.59. The average molecular weight is 309 g/mol. The van der Waals surface area contributed by atoms with Crippen LogP contribution in [0.4, 0.5) is 0 Å². The molecule has 0 aliphatic carbocycles. The van der Waals surface area contributed by atoms with Gasteiger partial charge in [0.05, 0.1) is 15.5 Å². The van der Waals surface area contributed by atoms with E-state index in [4.69, 9.17) is 11.6 Å². The number of hydrogen-bond donors (Lipinski definition) is 2. The van der Waals surface area contributed by atoms with Crippen molar-refractivity contribution in [1.82, 2.24) is 10.6 Å².